The normalized spacial score (nSPS) is 20.8. The summed E-state index contributed by atoms with van der Waals surface area (Å²) < 4.78 is 8.38. The molecule has 3 aromatic heterocycles. The molecular formula is C16H17N5O3. The zero-order chi connectivity index (χ0) is 16.8. The third-order valence-electron chi connectivity index (χ3n) is 4.25. The second-order valence-corrected chi connectivity index (χ2v) is 6.04. The SMILES string of the molecule is Cc1cc2c(=O)n([C@H]3COC[C@@H]3O)cnc2c(-c2cnn(C)c2)n1. The first-order valence-corrected chi connectivity index (χ1v) is 7.68. The van der Waals surface area contributed by atoms with Crippen LogP contribution in [0.15, 0.2) is 29.6 Å². The molecule has 4 heterocycles. The molecule has 1 saturated heterocycles. The quantitative estimate of drug-likeness (QED) is 0.733. The van der Waals surface area contributed by atoms with Crippen LogP contribution in [0.2, 0.25) is 0 Å². The van der Waals surface area contributed by atoms with Crippen molar-refractivity contribution in [2.75, 3.05) is 13.2 Å². The van der Waals surface area contributed by atoms with E-state index in [9.17, 15) is 9.90 Å². The summed E-state index contributed by atoms with van der Waals surface area (Å²) >= 11 is 0. The average Bonchev–Trinajstić information content (AvgIpc) is 3.16. The van der Waals surface area contributed by atoms with E-state index in [2.05, 4.69) is 15.1 Å². The molecular weight excluding hydrogens is 310 g/mol. The van der Waals surface area contributed by atoms with Gasteiger partial charge < -0.3 is 9.84 Å². The summed E-state index contributed by atoms with van der Waals surface area (Å²) in [7, 11) is 1.82. The van der Waals surface area contributed by atoms with E-state index in [1.807, 2.05) is 20.2 Å². The van der Waals surface area contributed by atoms with Crippen LogP contribution in [0, 0.1) is 6.92 Å². The van der Waals surface area contributed by atoms with Crippen LogP contribution < -0.4 is 5.56 Å². The van der Waals surface area contributed by atoms with Gasteiger partial charge >= 0.3 is 0 Å². The zero-order valence-corrected chi connectivity index (χ0v) is 13.4. The van der Waals surface area contributed by atoms with Crippen molar-refractivity contribution in [3.05, 3.63) is 40.8 Å². The predicted octanol–water partition coefficient (Wildman–Crippen LogP) is 0.433. The number of aliphatic hydroxyl groups is 1. The number of aliphatic hydroxyl groups excluding tert-OH is 1. The molecule has 1 aliphatic rings. The van der Waals surface area contributed by atoms with Crippen LogP contribution in [-0.2, 0) is 11.8 Å². The highest BCUT2D eigenvalue weighted by Gasteiger charge is 2.29. The smallest absolute Gasteiger partial charge is 0.261 e. The second-order valence-electron chi connectivity index (χ2n) is 6.04. The molecule has 1 aliphatic heterocycles. The van der Waals surface area contributed by atoms with E-state index in [0.29, 0.717) is 23.2 Å². The van der Waals surface area contributed by atoms with Crippen LogP contribution in [0.4, 0.5) is 0 Å². The van der Waals surface area contributed by atoms with Crippen molar-refractivity contribution >= 4 is 10.9 Å². The third kappa shape index (κ3) is 2.31. The van der Waals surface area contributed by atoms with E-state index in [4.69, 9.17) is 4.74 Å². The van der Waals surface area contributed by atoms with E-state index >= 15 is 0 Å². The first-order chi connectivity index (χ1) is 11.5. The first-order valence-electron chi connectivity index (χ1n) is 7.68. The number of fused-ring (bicyclic) bond motifs is 1. The molecule has 0 aliphatic carbocycles. The van der Waals surface area contributed by atoms with Gasteiger partial charge in [0.1, 0.15) is 17.3 Å². The highest BCUT2D eigenvalue weighted by molar-refractivity contribution is 5.90. The number of ether oxygens (including phenoxy) is 1. The molecule has 2 atom stereocenters. The Balaban J connectivity index is 1.95. The fourth-order valence-corrected chi connectivity index (χ4v) is 3.05. The van der Waals surface area contributed by atoms with E-state index in [-0.39, 0.29) is 12.2 Å². The standard InChI is InChI=1S/C16H17N5O3/c1-9-3-11-15(14(19-9)10-4-18-20(2)5-10)17-8-21(16(11)23)12-6-24-7-13(12)22/h3-5,8,12-13,22H,6-7H2,1-2H3/t12-,13-/m0/s1. The summed E-state index contributed by atoms with van der Waals surface area (Å²) in [6, 6.07) is 1.31. The molecule has 1 fully saturated rings. The Bertz CT molecular complexity index is 977. The average molecular weight is 327 g/mol. The molecule has 0 radical (unpaired) electrons. The fourth-order valence-electron chi connectivity index (χ4n) is 3.05. The van der Waals surface area contributed by atoms with Gasteiger partial charge in [-0.2, -0.15) is 5.10 Å². The van der Waals surface area contributed by atoms with Crippen LogP contribution >= 0.6 is 0 Å². The lowest BCUT2D eigenvalue weighted by molar-refractivity contribution is 0.119. The lowest BCUT2D eigenvalue weighted by Gasteiger charge is -2.16. The monoisotopic (exact) mass is 327 g/mol. The van der Waals surface area contributed by atoms with E-state index in [0.717, 1.165) is 11.3 Å². The van der Waals surface area contributed by atoms with Crippen molar-refractivity contribution in [3.63, 3.8) is 0 Å². The Labute approximate surface area is 137 Å². The Hall–Kier alpha value is -2.58. The zero-order valence-electron chi connectivity index (χ0n) is 13.4. The van der Waals surface area contributed by atoms with Crippen LogP contribution in [0.5, 0.6) is 0 Å². The Morgan fingerprint density at radius 3 is 2.88 bits per heavy atom. The maximum absolute atomic E-state index is 12.9. The fraction of sp³-hybridized carbons (Fsp3) is 0.375. The molecule has 3 aromatic rings. The maximum Gasteiger partial charge on any atom is 0.261 e. The Morgan fingerprint density at radius 1 is 1.38 bits per heavy atom. The summed E-state index contributed by atoms with van der Waals surface area (Å²) in [5.74, 6) is 0. The molecule has 0 spiro atoms. The largest absolute Gasteiger partial charge is 0.388 e. The van der Waals surface area contributed by atoms with Crippen molar-refractivity contribution in [3.8, 4) is 11.3 Å². The van der Waals surface area contributed by atoms with Crippen molar-refractivity contribution < 1.29 is 9.84 Å². The van der Waals surface area contributed by atoms with Gasteiger partial charge in [-0.25, -0.2) is 4.98 Å². The number of pyridine rings is 1. The predicted molar refractivity (Wildman–Crippen MR) is 86.6 cm³/mol. The molecule has 8 nitrogen and oxygen atoms in total. The van der Waals surface area contributed by atoms with Gasteiger partial charge in [0.15, 0.2) is 0 Å². The molecule has 1 N–H and O–H groups in total. The minimum Gasteiger partial charge on any atom is -0.388 e. The molecule has 0 bridgehead atoms. The lowest BCUT2D eigenvalue weighted by Crippen LogP contribution is -2.32. The van der Waals surface area contributed by atoms with E-state index in [1.54, 1.807) is 16.9 Å². The van der Waals surface area contributed by atoms with Gasteiger partial charge in [-0.1, -0.05) is 0 Å². The van der Waals surface area contributed by atoms with E-state index < -0.39 is 12.1 Å². The molecule has 4 rings (SSSR count). The van der Waals surface area contributed by atoms with Gasteiger partial charge in [-0.05, 0) is 13.0 Å². The molecule has 124 valence electrons. The first kappa shape index (κ1) is 15.0. The van der Waals surface area contributed by atoms with Crippen LogP contribution in [-0.4, -0.2) is 48.7 Å². The third-order valence-corrected chi connectivity index (χ3v) is 4.25. The summed E-state index contributed by atoms with van der Waals surface area (Å²) in [5.41, 5.74) is 2.49. The topological polar surface area (TPSA) is 95.1 Å². The molecule has 0 amide bonds. The van der Waals surface area contributed by atoms with Gasteiger partial charge in [0.05, 0.1) is 37.2 Å². The number of nitrogens with zero attached hydrogens (tertiary/aromatic N) is 5. The van der Waals surface area contributed by atoms with Gasteiger partial charge in [-0.3, -0.25) is 19.0 Å². The molecule has 24 heavy (non-hydrogen) atoms. The van der Waals surface area contributed by atoms with E-state index in [1.165, 1.54) is 10.9 Å². The summed E-state index contributed by atoms with van der Waals surface area (Å²) in [6.45, 7) is 2.36. The van der Waals surface area contributed by atoms with Crippen molar-refractivity contribution in [2.24, 2.45) is 7.05 Å². The number of rotatable bonds is 2. The number of hydrogen-bond donors (Lipinski definition) is 1. The summed E-state index contributed by atoms with van der Waals surface area (Å²) in [5, 5.41) is 14.6. The van der Waals surface area contributed by atoms with Crippen LogP contribution in [0.25, 0.3) is 22.2 Å². The highest BCUT2D eigenvalue weighted by Crippen LogP contribution is 2.25. The highest BCUT2D eigenvalue weighted by atomic mass is 16.5. The molecule has 0 aromatic carbocycles. The van der Waals surface area contributed by atoms with Gasteiger partial charge in [0.2, 0.25) is 0 Å². The second kappa shape index (κ2) is 5.50. The lowest BCUT2D eigenvalue weighted by atomic mass is 10.1. The summed E-state index contributed by atoms with van der Waals surface area (Å²) in [6.07, 6.45) is 4.29. The number of aromatic nitrogens is 5. The molecule has 8 heteroatoms. The van der Waals surface area contributed by atoms with Gasteiger partial charge in [0.25, 0.3) is 5.56 Å². The van der Waals surface area contributed by atoms with Gasteiger partial charge in [-0.15, -0.1) is 0 Å². The minimum absolute atomic E-state index is 0.204. The van der Waals surface area contributed by atoms with Crippen LogP contribution in [0.3, 0.4) is 0 Å². The molecule has 0 unspecified atom stereocenters. The maximum atomic E-state index is 12.9. The minimum atomic E-state index is -0.706. The Kier molecular flexibility index (Phi) is 3.43. The Morgan fingerprint density at radius 2 is 2.21 bits per heavy atom. The van der Waals surface area contributed by atoms with Gasteiger partial charge in [0, 0.05) is 24.5 Å². The number of hydrogen-bond acceptors (Lipinski definition) is 6. The van der Waals surface area contributed by atoms with Crippen molar-refractivity contribution in [1.82, 2.24) is 24.3 Å². The van der Waals surface area contributed by atoms with Crippen LogP contribution in [0.1, 0.15) is 11.7 Å². The van der Waals surface area contributed by atoms with Crippen molar-refractivity contribution in [1.29, 1.82) is 0 Å². The molecule has 0 saturated carbocycles. The van der Waals surface area contributed by atoms with Crippen molar-refractivity contribution in [2.45, 2.75) is 19.1 Å². The number of aryl methyl sites for hydroxylation is 2. The summed E-state index contributed by atoms with van der Waals surface area (Å²) in [4.78, 5) is 21.9.